The van der Waals surface area contributed by atoms with Gasteiger partial charge in [0, 0.05) is 6.08 Å². The van der Waals surface area contributed by atoms with Crippen LogP contribution in [-0.4, -0.2) is 24.3 Å². The summed E-state index contributed by atoms with van der Waals surface area (Å²) in [6.07, 6.45) is 6.22. The number of aliphatic hydroxyl groups is 1. The fraction of sp³-hybridized carbons (Fsp3) is 0.214. The molecule has 1 aromatic carbocycles. The van der Waals surface area contributed by atoms with Crippen LogP contribution in [0.4, 0.5) is 0 Å². The Hall–Kier alpha value is -1.87. The van der Waals surface area contributed by atoms with E-state index in [-0.39, 0.29) is 0 Å². The highest BCUT2D eigenvalue weighted by Crippen LogP contribution is 2.04. The molecule has 1 rings (SSSR count). The molecule has 0 aromatic heterocycles. The van der Waals surface area contributed by atoms with Crippen molar-refractivity contribution >= 4 is 12.0 Å². The summed E-state index contributed by atoms with van der Waals surface area (Å²) < 4.78 is 4.44. The first-order valence-electron chi connectivity index (χ1n) is 5.38. The van der Waals surface area contributed by atoms with Gasteiger partial charge in [0.15, 0.2) is 0 Å². The second kappa shape index (κ2) is 7.41. The highest BCUT2D eigenvalue weighted by atomic mass is 16.5. The zero-order valence-corrected chi connectivity index (χ0v) is 9.74. The molecule has 0 aliphatic heterocycles. The lowest BCUT2D eigenvalue weighted by Crippen LogP contribution is -2.00. The van der Waals surface area contributed by atoms with Crippen LogP contribution in [0.3, 0.4) is 0 Å². The molecule has 90 valence electrons. The van der Waals surface area contributed by atoms with Crippen molar-refractivity contribution in [2.45, 2.75) is 12.5 Å². The van der Waals surface area contributed by atoms with E-state index in [1.165, 1.54) is 13.2 Å². The number of ether oxygens (including phenoxy) is 1. The van der Waals surface area contributed by atoms with Crippen LogP contribution in [0.1, 0.15) is 12.0 Å². The summed E-state index contributed by atoms with van der Waals surface area (Å²) in [5.41, 5.74) is 1.03. The van der Waals surface area contributed by atoms with Gasteiger partial charge in [-0.25, -0.2) is 4.79 Å². The van der Waals surface area contributed by atoms with Gasteiger partial charge in [-0.15, -0.1) is 0 Å². The Morgan fingerprint density at radius 2 is 2.12 bits per heavy atom. The number of aliphatic hydroxyl groups excluding tert-OH is 1. The zero-order valence-electron chi connectivity index (χ0n) is 9.74. The molecule has 0 spiro atoms. The fourth-order valence-corrected chi connectivity index (χ4v) is 1.24. The molecule has 0 radical (unpaired) electrons. The molecule has 0 saturated heterocycles. The molecule has 17 heavy (non-hydrogen) atoms. The Morgan fingerprint density at radius 3 is 2.76 bits per heavy atom. The molecule has 1 N–H and O–H groups in total. The van der Waals surface area contributed by atoms with Crippen LogP contribution in [0.15, 0.2) is 48.6 Å². The Morgan fingerprint density at radius 1 is 1.41 bits per heavy atom. The van der Waals surface area contributed by atoms with E-state index in [9.17, 15) is 9.90 Å². The van der Waals surface area contributed by atoms with Crippen molar-refractivity contribution < 1.29 is 14.6 Å². The summed E-state index contributed by atoms with van der Waals surface area (Å²) >= 11 is 0. The van der Waals surface area contributed by atoms with Gasteiger partial charge in [0.05, 0.1) is 13.2 Å². The smallest absolute Gasteiger partial charge is 0.330 e. The largest absolute Gasteiger partial charge is 0.466 e. The van der Waals surface area contributed by atoms with Crippen LogP contribution in [0.2, 0.25) is 0 Å². The van der Waals surface area contributed by atoms with Gasteiger partial charge >= 0.3 is 5.97 Å². The molecular formula is C14H16O3. The number of rotatable bonds is 5. The lowest BCUT2D eigenvalue weighted by Gasteiger charge is -2.00. The number of esters is 1. The first-order chi connectivity index (χ1) is 8.22. The third kappa shape index (κ3) is 5.68. The van der Waals surface area contributed by atoms with Crippen LogP contribution < -0.4 is 0 Å². The molecule has 0 unspecified atom stereocenters. The molecule has 0 aliphatic rings. The Kier molecular flexibility index (Phi) is 5.75. The van der Waals surface area contributed by atoms with Gasteiger partial charge in [-0.2, -0.15) is 0 Å². The van der Waals surface area contributed by atoms with Crippen LogP contribution in [0.5, 0.6) is 0 Å². The van der Waals surface area contributed by atoms with E-state index in [0.717, 1.165) is 5.56 Å². The number of hydrogen-bond donors (Lipinski definition) is 1. The monoisotopic (exact) mass is 232 g/mol. The number of benzene rings is 1. The van der Waals surface area contributed by atoms with Gasteiger partial charge in [-0.1, -0.05) is 48.6 Å². The minimum Gasteiger partial charge on any atom is -0.466 e. The second-order valence-electron chi connectivity index (χ2n) is 3.50. The maximum atomic E-state index is 10.8. The maximum absolute atomic E-state index is 10.8. The lowest BCUT2D eigenvalue weighted by molar-refractivity contribution is -0.134. The van der Waals surface area contributed by atoms with Crippen molar-refractivity contribution in [3.63, 3.8) is 0 Å². The molecule has 0 amide bonds. The summed E-state index contributed by atoms with van der Waals surface area (Å²) in [5.74, 6) is -0.413. The molecule has 3 heteroatoms. The predicted molar refractivity (Wildman–Crippen MR) is 67.3 cm³/mol. The van der Waals surface area contributed by atoms with Crippen LogP contribution in [0, 0.1) is 0 Å². The van der Waals surface area contributed by atoms with Crippen molar-refractivity contribution in [2.24, 2.45) is 0 Å². The number of carbonyl (C=O) groups excluding carboxylic acids is 1. The van der Waals surface area contributed by atoms with E-state index in [2.05, 4.69) is 4.74 Å². The van der Waals surface area contributed by atoms with Crippen LogP contribution >= 0.6 is 0 Å². The van der Waals surface area contributed by atoms with Gasteiger partial charge in [-0.05, 0) is 12.0 Å². The molecule has 1 atom stereocenters. The molecule has 0 bridgehead atoms. The normalized spacial score (nSPS) is 13.1. The van der Waals surface area contributed by atoms with Gasteiger partial charge < -0.3 is 9.84 Å². The van der Waals surface area contributed by atoms with Crippen molar-refractivity contribution in [3.05, 3.63) is 54.1 Å². The number of carbonyl (C=O) groups is 1. The highest BCUT2D eigenvalue weighted by molar-refractivity contribution is 5.81. The zero-order chi connectivity index (χ0) is 12.5. The molecule has 0 fully saturated rings. The first-order valence-corrected chi connectivity index (χ1v) is 5.38. The van der Waals surface area contributed by atoms with E-state index >= 15 is 0 Å². The minimum atomic E-state index is -0.601. The number of methoxy groups -OCH3 is 1. The van der Waals surface area contributed by atoms with E-state index in [4.69, 9.17) is 0 Å². The third-order valence-corrected chi connectivity index (χ3v) is 2.14. The molecule has 1 aromatic rings. The third-order valence-electron chi connectivity index (χ3n) is 2.14. The average molecular weight is 232 g/mol. The summed E-state index contributed by atoms with van der Waals surface area (Å²) in [6, 6.07) is 9.71. The summed E-state index contributed by atoms with van der Waals surface area (Å²) in [7, 11) is 1.32. The summed E-state index contributed by atoms with van der Waals surface area (Å²) in [5, 5.41) is 9.61. The Labute approximate surface area is 101 Å². The molecule has 0 saturated carbocycles. The summed E-state index contributed by atoms with van der Waals surface area (Å²) in [4.78, 5) is 10.8. The maximum Gasteiger partial charge on any atom is 0.330 e. The first kappa shape index (κ1) is 13.2. The lowest BCUT2D eigenvalue weighted by atomic mass is 10.1. The standard InChI is InChI=1S/C14H16O3/c1-17-14(16)9-5-8-13(15)11-10-12-6-3-2-4-7-12/h2-7,9-11,13,15H,8H2,1H3/b9-5-,11-10+/t13-/m1/s1. The Balaban J connectivity index is 2.39. The second-order valence-corrected chi connectivity index (χ2v) is 3.50. The molecule has 0 aliphatic carbocycles. The SMILES string of the molecule is COC(=O)/C=C\C[C@@H](O)/C=C/c1ccccc1. The average Bonchev–Trinajstić information content (AvgIpc) is 2.37. The van der Waals surface area contributed by atoms with Crippen molar-refractivity contribution in [1.82, 2.24) is 0 Å². The van der Waals surface area contributed by atoms with Crippen LogP contribution in [-0.2, 0) is 9.53 Å². The van der Waals surface area contributed by atoms with E-state index < -0.39 is 12.1 Å². The highest BCUT2D eigenvalue weighted by Gasteiger charge is 1.96. The van der Waals surface area contributed by atoms with Gasteiger partial charge in [0.1, 0.15) is 0 Å². The van der Waals surface area contributed by atoms with E-state index in [0.29, 0.717) is 6.42 Å². The van der Waals surface area contributed by atoms with E-state index in [1.807, 2.05) is 36.4 Å². The van der Waals surface area contributed by atoms with Crippen LogP contribution in [0.25, 0.3) is 6.08 Å². The predicted octanol–water partition coefficient (Wildman–Crippen LogP) is 2.18. The molecule has 0 heterocycles. The fourth-order valence-electron chi connectivity index (χ4n) is 1.24. The van der Waals surface area contributed by atoms with E-state index in [1.54, 1.807) is 12.2 Å². The summed E-state index contributed by atoms with van der Waals surface area (Å²) in [6.45, 7) is 0. The minimum absolute atomic E-state index is 0.387. The number of hydrogen-bond acceptors (Lipinski definition) is 3. The molecule has 3 nitrogen and oxygen atoms in total. The Bertz CT molecular complexity index is 393. The quantitative estimate of drug-likeness (QED) is 0.625. The van der Waals surface area contributed by atoms with Crippen molar-refractivity contribution in [1.29, 1.82) is 0 Å². The molecular weight excluding hydrogens is 216 g/mol. The van der Waals surface area contributed by atoms with Gasteiger partial charge in [-0.3, -0.25) is 0 Å². The topological polar surface area (TPSA) is 46.5 Å². The van der Waals surface area contributed by atoms with Crippen molar-refractivity contribution in [3.8, 4) is 0 Å². The van der Waals surface area contributed by atoms with Gasteiger partial charge in [0.2, 0.25) is 0 Å². The van der Waals surface area contributed by atoms with Crippen molar-refractivity contribution in [2.75, 3.05) is 7.11 Å². The van der Waals surface area contributed by atoms with Gasteiger partial charge in [0.25, 0.3) is 0 Å².